The van der Waals surface area contributed by atoms with Crippen LogP contribution < -0.4 is 0 Å². The van der Waals surface area contributed by atoms with Gasteiger partial charge in [-0.15, -0.1) is 10.2 Å². The summed E-state index contributed by atoms with van der Waals surface area (Å²) in [6.45, 7) is 4.81. The Morgan fingerprint density at radius 1 is 0.971 bits per heavy atom. The van der Waals surface area contributed by atoms with Gasteiger partial charge in [-0.1, -0.05) is 61.5 Å². The van der Waals surface area contributed by atoms with Gasteiger partial charge >= 0.3 is 5.97 Å². The molecule has 0 radical (unpaired) electrons. The monoisotopic (exact) mass is 452 g/mol. The number of nitrogens with one attached hydrogen (secondary N) is 1. The van der Waals surface area contributed by atoms with Gasteiger partial charge in [0, 0.05) is 18.5 Å². The number of hydrogen-bond acceptors (Lipinski definition) is 6. The summed E-state index contributed by atoms with van der Waals surface area (Å²) in [6, 6.07) is 21.9. The van der Waals surface area contributed by atoms with E-state index in [1.807, 2.05) is 43.3 Å². The first-order valence-corrected chi connectivity index (χ1v) is 11.3. The second kappa shape index (κ2) is 9.27. The highest BCUT2D eigenvalue weighted by Gasteiger charge is 2.19. The number of para-hydroxylation sites is 1. The third-order valence-electron chi connectivity index (χ3n) is 5.78. The average Bonchev–Trinajstić information content (AvgIpc) is 3.53. The molecule has 0 aliphatic carbocycles. The number of aromatic nitrogens is 6. The Morgan fingerprint density at radius 3 is 2.47 bits per heavy atom. The third kappa shape index (κ3) is 3.94. The fraction of sp³-hybridized carbons (Fsp3) is 0.192. The predicted molar refractivity (Wildman–Crippen MR) is 129 cm³/mol. The summed E-state index contributed by atoms with van der Waals surface area (Å²) in [5, 5.41) is 14.5. The van der Waals surface area contributed by atoms with Crippen molar-refractivity contribution < 1.29 is 9.53 Å². The summed E-state index contributed by atoms with van der Waals surface area (Å²) in [4.78, 5) is 17.4. The van der Waals surface area contributed by atoms with E-state index in [1.165, 1.54) is 0 Å². The van der Waals surface area contributed by atoms with Crippen molar-refractivity contribution in [3.63, 3.8) is 0 Å². The highest BCUT2D eigenvalue weighted by Crippen LogP contribution is 2.30. The molecular weight excluding hydrogens is 428 g/mol. The molecule has 0 fully saturated rings. The van der Waals surface area contributed by atoms with Crippen LogP contribution >= 0.6 is 0 Å². The van der Waals surface area contributed by atoms with E-state index in [-0.39, 0.29) is 5.97 Å². The van der Waals surface area contributed by atoms with Crippen molar-refractivity contribution in [1.82, 2.24) is 30.2 Å². The van der Waals surface area contributed by atoms with Crippen molar-refractivity contribution in [2.45, 2.75) is 26.8 Å². The number of benzene rings is 3. The minimum atomic E-state index is -0.328. The van der Waals surface area contributed by atoms with Crippen LogP contribution in [-0.4, -0.2) is 42.8 Å². The first-order valence-electron chi connectivity index (χ1n) is 11.3. The van der Waals surface area contributed by atoms with Crippen LogP contribution in [0.5, 0.6) is 0 Å². The minimum Gasteiger partial charge on any atom is -0.462 e. The van der Waals surface area contributed by atoms with E-state index >= 15 is 0 Å². The molecule has 170 valence electrons. The molecule has 2 heterocycles. The van der Waals surface area contributed by atoms with Crippen LogP contribution in [0.15, 0.2) is 66.7 Å². The number of hydrogen-bond donors (Lipinski definition) is 1. The number of ether oxygens (including phenoxy) is 1. The van der Waals surface area contributed by atoms with E-state index in [0.717, 1.165) is 45.5 Å². The topological polar surface area (TPSA) is 98.6 Å². The zero-order valence-electron chi connectivity index (χ0n) is 19.0. The summed E-state index contributed by atoms with van der Waals surface area (Å²) in [5.74, 6) is 1.16. The molecule has 8 nitrogen and oxygen atoms in total. The largest absolute Gasteiger partial charge is 0.462 e. The number of tetrazole rings is 1. The number of imidazole rings is 1. The number of esters is 1. The van der Waals surface area contributed by atoms with Crippen molar-refractivity contribution in [2.75, 3.05) is 6.61 Å². The molecule has 0 aliphatic heterocycles. The lowest BCUT2D eigenvalue weighted by molar-refractivity contribution is 0.0528. The molecule has 0 unspecified atom stereocenters. The second-order valence-corrected chi connectivity index (χ2v) is 7.84. The molecule has 0 saturated heterocycles. The van der Waals surface area contributed by atoms with Gasteiger partial charge in [-0.2, -0.15) is 5.21 Å². The number of aromatic amines is 1. The SMILES string of the molecule is CCOC(=O)c1cccc2nc(CC)n(Cc3ccc(-c4ccccc4-c4nn[nH]n4)cc3)c12. The number of aryl methyl sites for hydroxylation is 1. The molecule has 5 rings (SSSR count). The number of carbonyl (C=O) groups excluding carboxylic acids is 1. The summed E-state index contributed by atoms with van der Waals surface area (Å²) in [5.41, 5.74) is 6.25. The Morgan fingerprint density at radius 2 is 1.76 bits per heavy atom. The standard InChI is InChI=1S/C26H24N6O2/c1-3-23-27-22-11-7-10-21(26(33)34-4-2)24(22)32(23)16-17-12-14-18(15-13-17)19-8-5-6-9-20(19)25-28-30-31-29-25/h5-15H,3-4,16H2,1-2H3,(H,28,29,30,31). The Bertz CT molecular complexity index is 1440. The number of H-pyrrole nitrogens is 1. The fourth-order valence-corrected chi connectivity index (χ4v) is 4.23. The Balaban J connectivity index is 1.51. The molecule has 2 aromatic heterocycles. The molecule has 0 saturated carbocycles. The van der Waals surface area contributed by atoms with Gasteiger partial charge in [-0.3, -0.25) is 0 Å². The van der Waals surface area contributed by atoms with Crippen LogP contribution in [0.25, 0.3) is 33.5 Å². The predicted octanol–water partition coefficient (Wildman–Crippen LogP) is 4.67. The maximum Gasteiger partial charge on any atom is 0.340 e. The molecule has 34 heavy (non-hydrogen) atoms. The zero-order valence-corrected chi connectivity index (χ0v) is 19.0. The fourth-order valence-electron chi connectivity index (χ4n) is 4.23. The van der Waals surface area contributed by atoms with E-state index in [1.54, 1.807) is 6.07 Å². The first kappa shape index (κ1) is 21.5. The van der Waals surface area contributed by atoms with Crippen molar-refractivity contribution in [1.29, 1.82) is 0 Å². The maximum atomic E-state index is 12.6. The summed E-state index contributed by atoms with van der Waals surface area (Å²) in [7, 11) is 0. The minimum absolute atomic E-state index is 0.328. The normalized spacial score (nSPS) is 11.1. The molecule has 5 aromatic rings. The number of carbonyl (C=O) groups is 1. The molecular formula is C26H24N6O2. The summed E-state index contributed by atoms with van der Waals surface area (Å²) in [6.07, 6.45) is 0.757. The summed E-state index contributed by atoms with van der Waals surface area (Å²) >= 11 is 0. The average molecular weight is 453 g/mol. The van der Waals surface area contributed by atoms with Gasteiger partial charge in [0.1, 0.15) is 5.82 Å². The van der Waals surface area contributed by atoms with Crippen LogP contribution in [-0.2, 0) is 17.7 Å². The van der Waals surface area contributed by atoms with Crippen LogP contribution in [0, 0.1) is 0 Å². The van der Waals surface area contributed by atoms with Gasteiger partial charge in [0.2, 0.25) is 5.82 Å². The molecule has 0 bridgehead atoms. The van der Waals surface area contributed by atoms with E-state index in [0.29, 0.717) is 24.5 Å². The second-order valence-electron chi connectivity index (χ2n) is 7.84. The van der Waals surface area contributed by atoms with Crippen LogP contribution in [0.4, 0.5) is 0 Å². The van der Waals surface area contributed by atoms with Crippen LogP contribution in [0.3, 0.4) is 0 Å². The molecule has 0 spiro atoms. The quantitative estimate of drug-likeness (QED) is 0.360. The van der Waals surface area contributed by atoms with Crippen LogP contribution in [0.2, 0.25) is 0 Å². The molecule has 1 N–H and O–H groups in total. The number of fused-ring (bicyclic) bond motifs is 1. The van der Waals surface area contributed by atoms with Gasteiger partial charge in [0.25, 0.3) is 0 Å². The van der Waals surface area contributed by atoms with Crippen LogP contribution in [0.1, 0.15) is 35.6 Å². The molecule has 0 atom stereocenters. The van der Waals surface area contributed by atoms with Gasteiger partial charge in [-0.25, -0.2) is 9.78 Å². The Labute approximate surface area is 196 Å². The van der Waals surface area contributed by atoms with E-state index in [2.05, 4.69) is 56.4 Å². The summed E-state index contributed by atoms with van der Waals surface area (Å²) < 4.78 is 7.41. The highest BCUT2D eigenvalue weighted by atomic mass is 16.5. The zero-order chi connectivity index (χ0) is 23.5. The first-order chi connectivity index (χ1) is 16.7. The smallest absolute Gasteiger partial charge is 0.340 e. The van der Waals surface area contributed by atoms with E-state index < -0.39 is 0 Å². The van der Waals surface area contributed by atoms with E-state index in [4.69, 9.17) is 9.72 Å². The highest BCUT2D eigenvalue weighted by molar-refractivity contribution is 6.02. The van der Waals surface area contributed by atoms with Crippen molar-refractivity contribution in [2.24, 2.45) is 0 Å². The Kier molecular flexibility index (Phi) is 5.86. The number of nitrogens with zero attached hydrogens (tertiary/aromatic N) is 5. The maximum absolute atomic E-state index is 12.6. The van der Waals surface area contributed by atoms with Gasteiger partial charge in [0.05, 0.1) is 23.2 Å². The number of rotatable bonds is 7. The van der Waals surface area contributed by atoms with Crippen molar-refractivity contribution in [3.8, 4) is 22.5 Å². The van der Waals surface area contributed by atoms with Gasteiger partial charge in [0.15, 0.2) is 0 Å². The lowest BCUT2D eigenvalue weighted by Gasteiger charge is -2.12. The van der Waals surface area contributed by atoms with Crippen molar-refractivity contribution >= 4 is 17.0 Å². The third-order valence-corrected chi connectivity index (χ3v) is 5.78. The lowest BCUT2D eigenvalue weighted by atomic mass is 9.98. The Hall–Kier alpha value is -4.33. The molecule has 0 aliphatic rings. The molecule has 8 heteroatoms. The lowest BCUT2D eigenvalue weighted by Crippen LogP contribution is -2.10. The van der Waals surface area contributed by atoms with E-state index in [9.17, 15) is 4.79 Å². The van der Waals surface area contributed by atoms with Gasteiger partial charge in [-0.05, 0) is 41.0 Å². The van der Waals surface area contributed by atoms with Gasteiger partial charge < -0.3 is 9.30 Å². The molecule has 0 amide bonds. The van der Waals surface area contributed by atoms with Crippen molar-refractivity contribution in [3.05, 3.63) is 83.7 Å². The molecule has 3 aromatic carbocycles.